The summed E-state index contributed by atoms with van der Waals surface area (Å²) in [5.41, 5.74) is 13.2. The Bertz CT molecular complexity index is 2120. The summed E-state index contributed by atoms with van der Waals surface area (Å²) in [5.74, 6) is 1.56. The van der Waals surface area contributed by atoms with Crippen LogP contribution in [0.2, 0.25) is 0 Å². The number of aryl methyl sites for hydroxylation is 2. The molecule has 0 spiro atoms. The zero-order chi connectivity index (χ0) is 40.7. The summed E-state index contributed by atoms with van der Waals surface area (Å²) in [7, 11) is 0. The summed E-state index contributed by atoms with van der Waals surface area (Å²) in [6.07, 6.45) is 0. The average molecular weight is 806 g/mol. The molecular weight excluding hydrogens is 744 g/mol. The Kier molecular flexibility index (Phi) is 14.8. The number of aromatic hydroxyl groups is 1. The van der Waals surface area contributed by atoms with E-state index in [2.05, 4.69) is 183 Å². The van der Waals surface area contributed by atoms with Crippen molar-refractivity contribution in [3.63, 3.8) is 0 Å². The molecule has 0 aliphatic carbocycles. The molecule has 0 bridgehead atoms. The van der Waals surface area contributed by atoms with Crippen molar-refractivity contribution in [1.29, 1.82) is 0 Å². The predicted molar refractivity (Wildman–Crippen MR) is 240 cm³/mol. The van der Waals surface area contributed by atoms with E-state index < -0.39 is 0 Å². The van der Waals surface area contributed by atoms with Gasteiger partial charge in [0.1, 0.15) is 5.75 Å². The number of para-hydroxylation sites is 1. The van der Waals surface area contributed by atoms with Gasteiger partial charge in [-0.1, -0.05) is 159 Å². The first kappa shape index (κ1) is 43.6. The van der Waals surface area contributed by atoms with Crippen LogP contribution in [0.15, 0.2) is 127 Å². The van der Waals surface area contributed by atoms with E-state index in [-0.39, 0.29) is 10.8 Å². The molecule has 1 N–H and O–H groups in total. The Morgan fingerprint density at radius 1 is 0.509 bits per heavy atom. The second-order valence-corrected chi connectivity index (χ2v) is 17.4. The van der Waals surface area contributed by atoms with Gasteiger partial charge in [-0.3, -0.25) is 0 Å². The van der Waals surface area contributed by atoms with Gasteiger partial charge in [-0.2, -0.15) is 12.1 Å². The van der Waals surface area contributed by atoms with Crippen LogP contribution < -0.4 is 0 Å². The van der Waals surface area contributed by atoms with Gasteiger partial charge in [0.25, 0.3) is 0 Å². The van der Waals surface area contributed by atoms with Gasteiger partial charge >= 0.3 is 28.4 Å². The molecule has 55 heavy (non-hydrogen) atoms. The Labute approximate surface area is 347 Å². The van der Waals surface area contributed by atoms with E-state index in [1.54, 1.807) is 0 Å². The van der Waals surface area contributed by atoms with E-state index in [0.29, 0.717) is 17.6 Å². The predicted octanol–water partition coefficient (Wildman–Crippen LogP) is 15.3. The van der Waals surface area contributed by atoms with E-state index in [1.165, 1.54) is 90.3 Å². The number of benzene rings is 5. The molecule has 7 rings (SSSR count). The van der Waals surface area contributed by atoms with E-state index in [4.69, 9.17) is 0 Å². The maximum absolute atomic E-state index is 9.21. The first-order valence-corrected chi connectivity index (χ1v) is 21.4. The summed E-state index contributed by atoms with van der Waals surface area (Å²) >= 11 is 1.30. The Morgan fingerprint density at radius 3 is 1.13 bits per heavy atom. The molecular formula is C53H62OZr. The fourth-order valence-electron chi connectivity index (χ4n) is 6.79. The Morgan fingerprint density at radius 2 is 0.836 bits per heavy atom. The van der Waals surface area contributed by atoms with Crippen molar-refractivity contribution in [3.8, 4) is 28.0 Å². The molecule has 7 aromatic carbocycles. The number of hydrogen-bond acceptors (Lipinski definition) is 1. The molecule has 0 aromatic heterocycles. The summed E-state index contributed by atoms with van der Waals surface area (Å²) in [4.78, 5) is 0. The minimum atomic E-state index is 0.204. The molecule has 284 valence electrons. The molecule has 2 heteroatoms. The third kappa shape index (κ3) is 11.0. The first-order valence-electron chi connectivity index (χ1n) is 19.6. The van der Waals surface area contributed by atoms with Gasteiger partial charge in [0.15, 0.2) is 0 Å². The summed E-state index contributed by atoms with van der Waals surface area (Å²) < 4.78 is 3.34. The summed E-state index contributed by atoms with van der Waals surface area (Å²) in [6, 6.07) is 46.4. The van der Waals surface area contributed by atoms with E-state index in [1.807, 2.05) is 32.0 Å². The third-order valence-corrected chi connectivity index (χ3v) is 10.4. The van der Waals surface area contributed by atoms with Gasteiger partial charge in [0, 0.05) is 0 Å². The molecule has 0 heterocycles. The van der Waals surface area contributed by atoms with Crippen molar-refractivity contribution in [2.45, 2.75) is 106 Å². The normalized spacial score (nSPS) is 11.5. The number of hydrogen-bond donors (Lipinski definition) is 1. The fourth-order valence-corrected chi connectivity index (χ4v) is 6.79. The van der Waals surface area contributed by atoms with Gasteiger partial charge < -0.3 is 5.11 Å². The molecule has 1 nitrogen and oxygen atoms in total. The standard InChI is InChI=1S/2C22H25.C8H10O.CH2.Zr/c2*1-15(2)18-13-17-7-6-8-20(21(17)14-18)16-9-11-19(12-10-16)22(3,4)5;1-6-4-3-5-7(2)8(6)9;;/h2*6-15H,1-5H3;3-5,9H,1-2H3;1H2;/q2*-1;;;+2. The van der Waals surface area contributed by atoms with Crippen LogP contribution in [0.5, 0.6) is 5.75 Å². The molecule has 0 radical (unpaired) electrons. The van der Waals surface area contributed by atoms with Crippen molar-refractivity contribution in [3.05, 3.63) is 161 Å². The number of fused-ring (bicyclic) bond motifs is 2. The fraction of sp³-hybridized carbons (Fsp3) is 0.302. The van der Waals surface area contributed by atoms with Crippen molar-refractivity contribution in [1.82, 2.24) is 0 Å². The minimum absolute atomic E-state index is 0.204. The summed E-state index contributed by atoms with van der Waals surface area (Å²) in [6.45, 7) is 26.4. The van der Waals surface area contributed by atoms with Gasteiger partial charge in [-0.15, -0.1) is 69.1 Å². The molecule has 0 atom stereocenters. The third-order valence-electron chi connectivity index (χ3n) is 10.4. The van der Waals surface area contributed by atoms with Crippen LogP contribution in [0.4, 0.5) is 0 Å². The van der Waals surface area contributed by atoms with Crippen molar-refractivity contribution in [2.24, 2.45) is 0 Å². The van der Waals surface area contributed by atoms with Crippen LogP contribution in [0.25, 0.3) is 43.8 Å². The molecule has 0 unspecified atom stereocenters. The van der Waals surface area contributed by atoms with Crippen LogP contribution in [-0.4, -0.2) is 9.32 Å². The van der Waals surface area contributed by atoms with Gasteiger partial charge in [0.05, 0.1) is 0 Å². The van der Waals surface area contributed by atoms with Crippen molar-refractivity contribution < 1.29 is 29.3 Å². The SMILES string of the molecule is CC(C)c1cc2c(-c3ccc(C(C)(C)C)cc3)cccc2[cH-]1.CC(C)c1cc2c(-c3ccc(C(C)(C)C)cc3)cccc2[cH-]1.Cc1cccc(C)c1O.[CH2]=[Zr+2]. The van der Waals surface area contributed by atoms with Crippen LogP contribution in [0.1, 0.15) is 114 Å². The molecule has 0 saturated carbocycles. The van der Waals surface area contributed by atoms with E-state index >= 15 is 0 Å². The molecule has 0 saturated heterocycles. The van der Waals surface area contributed by atoms with Gasteiger partial charge in [-0.05, 0) is 69.9 Å². The van der Waals surface area contributed by atoms with Crippen LogP contribution >= 0.6 is 0 Å². The number of rotatable bonds is 4. The monoisotopic (exact) mass is 804 g/mol. The van der Waals surface area contributed by atoms with Crippen LogP contribution in [-0.2, 0) is 35.1 Å². The second-order valence-electron chi connectivity index (χ2n) is 17.4. The number of phenols is 1. The van der Waals surface area contributed by atoms with E-state index in [9.17, 15) is 5.11 Å². The molecule has 7 aromatic rings. The van der Waals surface area contributed by atoms with Gasteiger partial charge in [-0.25, -0.2) is 0 Å². The van der Waals surface area contributed by atoms with Crippen LogP contribution in [0, 0.1) is 13.8 Å². The van der Waals surface area contributed by atoms with E-state index in [0.717, 1.165) is 11.1 Å². The Hall–Kier alpha value is -4.13. The average Bonchev–Trinajstić information content (AvgIpc) is 3.80. The summed E-state index contributed by atoms with van der Waals surface area (Å²) in [5, 5.41) is 14.6. The van der Waals surface area contributed by atoms with Gasteiger partial charge in [0.2, 0.25) is 0 Å². The zero-order valence-corrected chi connectivity index (χ0v) is 37.9. The van der Waals surface area contributed by atoms with Crippen LogP contribution in [0.3, 0.4) is 0 Å². The molecule has 0 fully saturated rings. The quantitative estimate of drug-likeness (QED) is 0.176. The van der Waals surface area contributed by atoms with Crippen molar-refractivity contribution in [2.75, 3.05) is 0 Å². The maximum atomic E-state index is 9.21. The zero-order valence-electron chi connectivity index (χ0n) is 35.4. The second kappa shape index (κ2) is 18.7. The number of phenolic OH excluding ortho intramolecular Hbond substituents is 1. The Balaban J connectivity index is 0.000000194. The molecule has 0 aliphatic heterocycles. The molecule has 0 aliphatic rings. The topological polar surface area (TPSA) is 20.2 Å². The molecule has 0 amide bonds. The van der Waals surface area contributed by atoms with Crippen molar-refractivity contribution >= 4 is 25.8 Å². The first-order chi connectivity index (χ1) is 25.9.